The maximum Gasteiger partial charge on any atom is 0.395 e. The molecule has 188 valence electrons. The number of unbranched alkanes of at least 4 members (excludes halogenated alkanes) is 1. The highest BCUT2D eigenvalue weighted by Crippen LogP contribution is 2.34. The molecular formula is C22H27F3N8O2. The molecule has 2 unspecified atom stereocenters. The van der Waals surface area contributed by atoms with Crippen LogP contribution < -0.4 is 10.6 Å². The van der Waals surface area contributed by atoms with Crippen molar-refractivity contribution in [3.05, 3.63) is 59.3 Å². The van der Waals surface area contributed by atoms with E-state index < -0.39 is 18.3 Å². The summed E-state index contributed by atoms with van der Waals surface area (Å²) >= 11 is 0. The zero-order chi connectivity index (χ0) is 25.4. The first-order chi connectivity index (χ1) is 16.7. The van der Waals surface area contributed by atoms with Crippen LogP contribution in [0.3, 0.4) is 0 Å². The smallest absolute Gasteiger partial charge is 0.373 e. The summed E-state index contributed by atoms with van der Waals surface area (Å²) in [6.45, 7) is 1.70. The zero-order valence-electron chi connectivity index (χ0n) is 19.3. The van der Waals surface area contributed by atoms with Gasteiger partial charge in [-0.05, 0) is 56.0 Å². The minimum atomic E-state index is -4.35. The predicted octanol–water partition coefficient (Wildman–Crippen LogP) is 2.48. The summed E-state index contributed by atoms with van der Waals surface area (Å²) in [5.74, 6) is -1.57. The topological polar surface area (TPSA) is 131 Å². The molecule has 0 fully saturated rings. The van der Waals surface area contributed by atoms with Gasteiger partial charge in [0.15, 0.2) is 11.5 Å². The van der Waals surface area contributed by atoms with E-state index >= 15 is 0 Å². The van der Waals surface area contributed by atoms with Crippen LogP contribution in [-0.2, 0) is 19.4 Å². The van der Waals surface area contributed by atoms with E-state index in [9.17, 15) is 23.1 Å². The summed E-state index contributed by atoms with van der Waals surface area (Å²) in [6, 6.07) is 6.12. The largest absolute Gasteiger partial charge is 0.395 e. The molecule has 0 bridgehead atoms. The van der Waals surface area contributed by atoms with Crippen LogP contribution in [0.15, 0.2) is 36.7 Å². The Kier molecular flexibility index (Phi) is 8.68. The molecule has 0 saturated heterocycles. The number of aryl methyl sites for hydroxylation is 2. The van der Waals surface area contributed by atoms with Crippen molar-refractivity contribution in [1.82, 2.24) is 35.5 Å². The van der Waals surface area contributed by atoms with E-state index in [1.807, 2.05) is 0 Å². The Bertz CT molecular complexity index is 1100. The summed E-state index contributed by atoms with van der Waals surface area (Å²) in [7, 11) is 1.53. The number of nitrogens with zero attached hydrogens (tertiary/aromatic N) is 6. The molecule has 35 heavy (non-hydrogen) atoms. The van der Waals surface area contributed by atoms with Crippen LogP contribution in [-0.4, -0.2) is 60.6 Å². The fourth-order valence-electron chi connectivity index (χ4n) is 3.28. The number of aliphatic hydroxyl groups is 1. The van der Waals surface area contributed by atoms with E-state index in [1.54, 1.807) is 23.0 Å². The van der Waals surface area contributed by atoms with Crippen LogP contribution in [0.5, 0.6) is 0 Å². The maximum absolute atomic E-state index is 12.9. The molecule has 0 radical (unpaired) electrons. The fourth-order valence-corrected chi connectivity index (χ4v) is 3.28. The van der Waals surface area contributed by atoms with Crippen LogP contribution in [0.25, 0.3) is 0 Å². The average Bonchev–Trinajstić information content (AvgIpc) is 3.30. The summed E-state index contributed by atoms with van der Waals surface area (Å²) in [5.41, 5.74) is 1.46. The van der Waals surface area contributed by atoms with Crippen LogP contribution in [0.2, 0.25) is 0 Å². The normalized spacial score (nSPS) is 13.3. The monoisotopic (exact) mass is 492 g/mol. The lowest BCUT2D eigenvalue weighted by atomic mass is 10.0. The molecule has 3 rings (SSSR count). The predicted molar refractivity (Wildman–Crippen MR) is 120 cm³/mol. The van der Waals surface area contributed by atoms with Gasteiger partial charge in [0.05, 0.1) is 17.8 Å². The standard InChI is InChI=1S/C22H27F3N8O2/c1-14(22(23,24)25)15-8-9-27-17(11-15)12-20(34)28-19-7-6-16(29-31-19)5-3-4-10-33-13-18(30-32-33)21(35)26-2/h6-9,11,13-14,20,34H,3-5,10,12H2,1-2H3,(H,26,35)(H,28,31). The van der Waals surface area contributed by atoms with Crippen molar-refractivity contribution >= 4 is 11.7 Å². The van der Waals surface area contributed by atoms with Crippen LogP contribution in [0.1, 0.15) is 53.1 Å². The first kappa shape index (κ1) is 26.0. The van der Waals surface area contributed by atoms with Gasteiger partial charge in [-0.3, -0.25) is 14.5 Å². The number of halogens is 3. The number of hydrogen-bond acceptors (Lipinski definition) is 8. The van der Waals surface area contributed by atoms with Crippen molar-refractivity contribution < 1.29 is 23.1 Å². The van der Waals surface area contributed by atoms with Crippen molar-refractivity contribution in [1.29, 1.82) is 0 Å². The van der Waals surface area contributed by atoms with Gasteiger partial charge in [-0.25, -0.2) is 0 Å². The second-order valence-electron chi connectivity index (χ2n) is 8.02. The average molecular weight is 493 g/mol. The van der Waals surface area contributed by atoms with E-state index in [4.69, 9.17) is 0 Å². The van der Waals surface area contributed by atoms with Crippen molar-refractivity contribution in [2.75, 3.05) is 12.4 Å². The highest BCUT2D eigenvalue weighted by molar-refractivity contribution is 5.91. The molecule has 3 N–H and O–H groups in total. The van der Waals surface area contributed by atoms with E-state index in [0.29, 0.717) is 24.5 Å². The van der Waals surface area contributed by atoms with Gasteiger partial charge in [0.2, 0.25) is 0 Å². The second-order valence-corrected chi connectivity index (χ2v) is 8.02. The molecule has 10 nitrogen and oxygen atoms in total. The first-order valence-corrected chi connectivity index (χ1v) is 11.1. The van der Waals surface area contributed by atoms with Gasteiger partial charge in [-0.1, -0.05) is 5.21 Å². The fraction of sp³-hybridized carbons (Fsp3) is 0.455. The van der Waals surface area contributed by atoms with Crippen molar-refractivity contribution in [2.45, 2.75) is 57.5 Å². The number of carbonyl (C=O) groups excluding carboxylic acids is 1. The molecule has 0 aromatic carbocycles. The number of anilines is 1. The number of carbonyl (C=O) groups is 1. The number of hydrogen-bond donors (Lipinski definition) is 3. The lowest BCUT2D eigenvalue weighted by Crippen LogP contribution is -2.23. The maximum atomic E-state index is 12.9. The van der Waals surface area contributed by atoms with Gasteiger partial charge >= 0.3 is 6.18 Å². The molecule has 0 aliphatic carbocycles. The van der Waals surface area contributed by atoms with E-state index in [0.717, 1.165) is 25.5 Å². The third-order valence-corrected chi connectivity index (χ3v) is 5.34. The number of pyridine rings is 1. The van der Waals surface area contributed by atoms with Crippen LogP contribution in [0, 0.1) is 0 Å². The molecule has 3 heterocycles. The highest BCUT2D eigenvalue weighted by atomic mass is 19.4. The minimum Gasteiger partial charge on any atom is -0.373 e. The molecule has 0 aliphatic heterocycles. The van der Waals surface area contributed by atoms with Gasteiger partial charge < -0.3 is 15.7 Å². The molecule has 3 aromatic rings. The van der Waals surface area contributed by atoms with E-state index in [1.165, 1.54) is 25.4 Å². The van der Waals surface area contributed by atoms with Crippen molar-refractivity contribution in [2.24, 2.45) is 0 Å². The number of aliphatic hydroxyl groups excluding tert-OH is 1. The van der Waals surface area contributed by atoms with E-state index in [2.05, 4.69) is 36.1 Å². The Morgan fingerprint density at radius 1 is 1.14 bits per heavy atom. The van der Waals surface area contributed by atoms with Gasteiger partial charge in [-0.15, -0.1) is 10.2 Å². The summed E-state index contributed by atoms with van der Waals surface area (Å²) in [4.78, 5) is 15.5. The quantitative estimate of drug-likeness (QED) is 0.275. The second kappa shape index (κ2) is 11.7. The number of rotatable bonds is 11. The Hall–Kier alpha value is -3.61. The zero-order valence-corrected chi connectivity index (χ0v) is 19.3. The van der Waals surface area contributed by atoms with E-state index in [-0.39, 0.29) is 23.6 Å². The third kappa shape index (κ3) is 7.70. The lowest BCUT2D eigenvalue weighted by Gasteiger charge is -2.17. The van der Waals surface area contributed by atoms with Crippen molar-refractivity contribution in [3.63, 3.8) is 0 Å². The summed E-state index contributed by atoms with van der Waals surface area (Å²) in [6.07, 6.45) is -0.244. The van der Waals surface area contributed by atoms with Crippen molar-refractivity contribution in [3.8, 4) is 0 Å². The molecule has 1 amide bonds. The molecule has 3 aromatic heterocycles. The van der Waals surface area contributed by atoms with Gasteiger partial charge in [0.25, 0.3) is 5.91 Å². The Labute approximate surface area is 200 Å². The molecule has 0 spiro atoms. The molecule has 2 atom stereocenters. The minimum absolute atomic E-state index is 0.00572. The highest BCUT2D eigenvalue weighted by Gasteiger charge is 2.37. The SMILES string of the molecule is CNC(=O)c1cn(CCCCc2ccc(NC(O)Cc3cc(C(C)C(F)(F)F)ccn3)nn2)nn1. The Morgan fingerprint density at radius 3 is 2.63 bits per heavy atom. The number of amides is 1. The third-order valence-electron chi connectivity index (χ3n) is 5.34. The number of nitrogens with one attached hydrogen (secondary N) is 2. The Balaban J connectivity index is 1.43. The van der Waals surface area contributed by atoms with Gasteiger partial charge in [0, 0.05) is 31.9 Å². The van der Waals surface area contributed by atoms with Crippen LogP contribution >= 0.6 is 0 Å². The summed E-state index contributed by atoms with van der Waals surface area (Å²) < 4.78 is 40.5. The first-order valence-electron chi connectivity index (χ1n) is 11.1. The van der Waals surface area contributed by atoms with Crippen LogP contribution in [0.4, 0.5) is 19.0 Å². The molecular weight excluding hydrogens is 465 g/mol. The molecule has 0 aliphatic rings. The van der Waals surface area contributed by atoms with Gasteiger partial charge in [-0.2, -0.15) is 18.3 Å². The molecule has 13 heteroatoms. The van der Waals surface area contributed by atoms with Gasteiger partial charge in [0.1, 0.15) is 6.23 Å². The molecule has 0 saturated carbocycles. The summed E-state index contributed by atoms with van der Waals surface area (Å²) in [5, 5.41) is 31.4. The number of alkyl halides is 3. The lowest BCUT2D eigenvalue weighted by molar-refractivity contribution is -0.146. The Morgan fingerprint density at radius 2 is 1.94 bits per heavy atom. The number of aromatic nitrogens is 6.